The number of nitriles is 1. The van der Waals surface area contributed by atoms with Crippen molar-refractivity contribution in [3.05, 3.63) is 50.9 Å². The molecule has 0 spiro atoms. The summed E-state index contributed by atoms with van der Waals surface area (Å²) >= 11 is 12.6. The van der Waals surface area contributed by atoms with Crippen LogP contribution in [0.1, 0.15) is 12.8 Å². The van der Waals surface area contributed by atoms with Crippen LogP contribution in [0.15, 0.2) is 40.4 Å². The van der Waals surface area contributed by atoms with Gasteiger partial charge in [0, 0.05) is 32.0 Å². The minimum absolute atomic E-state index is 0.0841. The maximum absolute atomic E-state index is 12.3. The van der Waals surface area contributed by atoms with Gasteiger partial charge in [0.05, 0.1) is 15.7 Å². The Morgan fingerprint density at radius 3 is 2.56 bits per heavy atom. The zero-order valence-corrected chi connectivity index (χ0v) is 19.1. The van der Waals surface area contributed by atoms with Crippen molar-refractivity contribution >= 4 is 46.6 Å². The van der Waals surface area contributed by atoms with E-state index in [1.807, 2.05) is 0 Å². The summed E-state index contributed by atoms with van der Waals surface area (Å²) in [4.78, 5) is 34.4. The lowest BCUT2D eigenvalue weighted by atomic mass is 10.0. The SMILES string of the molecule is N#CC(=NNc1cc(Cl)c(Oc2ccc(=O)n(CC3CCOCC3)c2)c(Cl)c1)C(=O)NC(=O)O. The van der Waals surface area contributed by atoms with E-state index in [-0.39, 0.29) is 27.0 Å². The fourth-order valence-corrected chi connectivity index (χ4v) is 3.73. The maximum atomic E-state index is 12.3. The first-order chi connectivity index (χ1) is 16.3. The number of rotatable bonds is 7. The van der Waals surface area contributed by atoms with Crippen molar-refractivity contribution in [2.45, 2.75) is 19.4 Å². The summed E-state index contributed by atoms with van der Waals surface area (Å²) < 4.78 is 12.7. The summed E-state index contributed by atoms with van der Waals surface area (Å²) in [6.45, 7) is 1.88. The summed E-state index contributed by atoms with van der Waals surface area (Å²) in [7, 11) is 0. The van der Waals surface area contributed by atoms with E-state index in [1.165, 1.54) is 35.7 Å². The van der Waals surface area contributed by atoms with Gasteiger partial charge in [0.1, 0.15) is 11.8 Å². The number of hydrogen-bond acceptors (Lipinski definition) is 8. The van der Waals surface area contributed by atoms with Crippen LogP contribution in [0.25, 0.3) is 0 Å². The minimum atomic E-state index is -1.63. The summed E-state index contributed by atoms with van der Waals surface area (Å²) in [6.07, 6.45) is 1.70. The largest absolute Gasteiger partial charge is 0.465 e. The van der Waals surface area contributed by atoms with Gasteiger partial charge < -0.3 is 19.1 Å². The number of imide groups is 1. The highest BCUT2D eigenvalue weighted by Crippen LogP contribution is 2.38. The molecule has 1 aliphatic rings. The molecular weight excluding hydrogens is 489 g/mol. The molecule has 11 nitrogen and oxygen atoms in total. The van der Waals surface area contributed by atoms with Crippen LogP contribution in [0.4, 0.5) is 10.5 Å². The molecule has 1 aliphatic heterocycles. The molecule has 0 aliphatic carbocycles. The Labute approximate surface area is 203 Å². The van der Waals surface area contributed by atoms with Gasteiger partial charge in [-0.25, -0.2) is 4.79 Å². The number of halogens is 2. The van der Waals surface area contributed by atoms with Crippen LogP contribution in [0, 0.1) is 17.2 Å². The Balaban J connectivity index is 1.75. The van der Waals surface area contributed by atoms with Gasteiger partial charge in [-0.2, -0.15) is 10.4 Å². The van der Waals surface area contributed by atoms with Crippen molar-refractivity contribution in [1.29, 1.82) is 5.26 Å². The Hall–Kier alpha value is -3.59. The third-order valence-electron chi connectivity index (χ3n) is 4.81. The summed E-state index contributed by atoms with van der Waals surface area (Å²) in [6, 6.07) is 7.14. The molecule has 2 heterocycles. The number of carbonyl (C=O) groups is 2. The highest BCUT2D eigenvalue weighted by atomic mass is 35.5. The van der Waals surface area contributed by atoms with Gasteiger partial charge in [-0.3, -0.25) is 20.3 Å². The lowest BCUT2D eigenvalue weighted by Gasteiger charge is -2.23. The van der Waals surface area contributed by atoms with Crippen LogP contribution in [-0.4, -0.2) is 40.6 Å². The number of hydrazone groups is 1. The zero-order valence-electron chi connectivity index (χ0n) is 17.6. The van der Waals surface area contributed by atoms with E-state index in [4.69, 9.17) is 43.0 Å². The molecule has 3 N–H and O–H groups in total. The number of carbonyl (C=O) groups excluding carboxylic acids is 1. The smallest absolute Gasteiger partial charge is 0.411 e. The van der Waals surface area contributed by atoms with E-state index in [1.54, 1.807) is 10.8 Å². The molecule has 1 saturated heterocycles. The molecule has 0 unspecified atom stereocenters. The van der Waals surface area contributed by atoms with Crippen molar-refractivity contribution in [1.82, 2.24) is 9.88 Å². The van der Waals surface area contributed by atoms with Crippen LogP contribution in [0.2, 0.25) is 10.0 Å². The molecular formula is C21H19Cl2N5O6. The average molecular weight is 508 g/mol. The van der Waals surface area contributed by atoms with E-state index in [0.29, 0.717) is 31.4 Å². The van der Waals surface area contributed by atoms with Crippen LogP contribution in [0.3, 0.4) is 0 Å². The first-order valence-electron chi connectivity index (χ1n) is 10.00. The molecule has 34 heavy (non-hydrogen) atoms. The molecule has 3 rings (SSSR count). The Bertz CT molecular complexity index is 1190. The van der Waals surface area contributed by atoms with Gasteiger partial charge in [0.2, 0.25) is 5.71 Å². The Morgan fingerprint density at radius 1 is 1.26 bits per heavy atom. The number of ether oxygens (including phenoxy) is 2. The van der Waals surface area contributed by atoms with Gasteiger partial charge in [0.15, 0.2) is 5.75 Å². The fraction of sp³-hybridized carbons (Fsp3) is 0.286. The van der Waals surface area contributed by atoms with Gasteiger partial charge >= 0.3 is 6.09 Å². The van der Waals surface area contributed by atoms with Crippen molar-refractivity contribution in [2.75, 3.05) is 18.6 Å². The number of nitrogens with zero attached hydrogens (tertiary/aromatic N) is 3. The molecule has 0 radical (unpaired) electrons. The number of hydrogen-bond donors (Lipinski definition) is 3. The standard InChI is InChI=1S/C21H19Cl2N5O6/c22-15-7-13(26-27-17(9-24)20(30)25-21(31)32)8-16(23)19(15)34-14-1-2-18(29)28(11-14)10-12-3-5-33-6-4-12/h1-2,7-8,11-12,26H,3-6,10H2,(H,25,30)(H,31,32). The van der Waals surface area contributed by atoms with E-state index < -0.39 is 17.7 Å². The normalized spacial score (nSPS) is 14.2. The molecule has 1 aromatic heterocycles. The first kappa shape index (κ1) is 25.0. The number of benzene rings is 1. The Morgan fingerprint density at radius 2 is 1.94 bits per heavy atom. The third-order valence-corrected chi connectivity index (χ3v) is 5.37. The summed E-state index contributed by atoms with van der Waals surface area (Å²) in [5, 5.41) is 22.8. The topological polar surface area (TPSA) is 155 Å². The van der Waals surface area contributed by atoms with Gasteiger partial charge in [-0.1, -0.05) is 23.2 Å². The average Bonchev–Trinajstić information content (AvgIpc) is 2.79. The molecule has 1 fully saturated rings. The number of aromatic nitrogens is 1. The van der Waals surface area contributed by atoms with Crippen LogP contribution >= 0.6 is 23.2 Å². The van der Waals surface area contributed by atoms with Gasteiger partial charge in [-0.15, -0.1) is 0 Å². The van der Waals surface area contributed by atoms with Crippen LogP contribution < -0.4 is 21.0 Å². The lowest BCUT2D eigenvalue weighted by Crippen LogP contribution is -2.34. The molecule has 0 bridgehead atoms. The highest BCUT2D eigenvalue weighted by molar-refractivity contribution is 6.46. The Kier molecular flexibility index (Phi) is 8.48. The second-order valence-corrected chi connectivity index (χ2v) is 8.04. The number of nitrogens with one attached hydrogen (secondary N) is 2. The third kappa shape index (κ3) is 6.71. The maximum Gasteiger partial charge on any atom is 0.411 e. The van der Waals surface area contributed by atoms with Crippen LogP contribution in [0.5, 0.6) is 11.5 Å². The fourth-order valence-electron chi connectivity index (χ4n) is 3.16. The van der Waals surface area contributed by atoms with E-state index in [9.17, 15) is 14.4 Å². The first-order valence-corrected chi connectivity index (χ1v) is 10.8. The zero-order chi connectivity index (χ0) is 24.7. The predicted molar refractivity (Wildman–Crippen MR) is 124 cm³/mol. The summed E-state index contributed by atoms with van der Waals surface area (Å²) in [5.41, 5.74) is 1.75. The lowest BCUT2D eigenvalue weighted by molar-refractivity contribution is -0.114. The van der Waals surface area contributed by atoms with E-state index in [2.05, 4.69) is 10.5 Å². The molecule has 178 valence electrons. The molecule has 0 saturated carbocycles. The second kappa shape index (κ2) is 11.5. The number of amides is 2. The number of anilines is 1. The van der Waals surface area contributed by atoms with Gasteiger partial charge in [0.25, 0.3) is 11.5 Å². The predicted octanol–water partition coefficient (Wildman–Crippen LogP) is 3.46. The number of pyridine rings is 1. The quantitative estimate of drug-likeness (QED) is 0.379. The molecule has 1 aromatic carbocycles. The monoisotopic (exact) mass is 507 g/mol. The van der Waals surface area contributed by atoms with Crippen molar-refractivity contribution in [3.8, 4) is 17.6 Å². The molecule has 2 amide bonds. The van der Waals surface area contributed by atoms with Gasteiger partial charge in [-0.05, 0) is 37.0 Å². The van der Waals surface area contributed by atoms with Crippen LogP contribution in [-0.2, 0) is 16.1 Å². The van der Waals surface area contributed by atoms with Crippen molar-refractivity contribution in [2.24, 2.45) is 11.0 Å². The molecule has 13 heteroatoms. The summed E-state index contributed by atoms with van der Waals surface area (Å²) in [5.74, 6) is -0.393. The highest BCUT2D eigenvalue weighted by Gasteiger charge is 2.17. The van der Waals surface area contributed by atoms with Crippen molar-refractivity contribution in [3.63, 3.8) is 0 Å². The van der Waals surface area contributed by atoms with E-state index in [0.717, 1.165) is 12.8 Å². The minimum Gasteiger partial charge on any atom is -0.465 e. The molecule has 2 aromatic rings. The second-order valence-electron chi connectivity index (χ2n) is 7.23. The van der Waals surface area contributed by atoms with E-state index >= 15 is 0 Å². The van der Waals surface area contributed by atoms with Crippen molar-refractivity contribution < 1.29 is 24.2 Å². The molecule has 0 atom stereocenters. The number of carboxylic acid groups (broad SMARTS) is 1.